The topological polar surface area (TPSA) is 116 Å². The lowest BCUT2D eigenvalue weighted by molar-refractivity contribution is -0.136. The fraction of sp³-hybridized carbons (Fsp3) is 0.619. The minimum absolute atomic E-state index is 0.0107. The smallest absolute Gasteiger partial charge is 0.238 e. The minimum atomic E-state index is -3.74. The van der Waals surface area contributed by atoms with Crippen LogP contribution in [-0.4, -0.2) is 86.8 Å². The Balaban J connectivity index is 1.36. The van der Waals surface area contributed by atoms with Crippen LogP contribution in [0, 0.1) is 0 Å². The number of piperazine rings is 1. The molecule has 0 radical (unpaired) electrons. The van der Waals surface area contributed by atoms with Crippen LogP contribution in [0.4, 0.5) is 5.69 Å². The van der Waals surface area contributed by atoms with Crippen LogP contribution in [0.5, 0.6) is 0 Å². The fourth-order valence-electron chi connectivity index (χ4n) is 4.13. The maximum atomic E-state index is 12.6. The molecular weight excluding hydrogens is 418 g/mol. The van der Waals surface area contributed by atoms with E-state index in [1.54, 1.807) is 0 Å². The lowest BCUT2D eigenvalue weighted by Gasteiger charge is -2.38. The number of nitrogens with two attached hydrogens (primary N) is 1. The van der Waals surface area contributed by atoms with Gasteiger partial charge in [0.25, 0.3) is 0 Å². The van der Waals surface area contributed by atoms with E-state index in [0.717, 1.165) is 45.6 Å². The summed E-state index contributed by atoms with van der Waals surface area (Å²) in [4.78, 5) is 31.3. The number of rotatable bonds is 7. The first-order valence-corrected chi connectivity index (χ1v) is 12.4. The molecule has 2 heterocycles. The van der Waals surface area contributed by atoms with Crippen molar-refractivity contribution >= 4 is 27.5 Å². The predicted octanol–water partition coefficient (Wildman–Crippen LogP) is 0.681. The molecule has 2 fully saturated rings. The summed E-state index contributed by atoms with van der Waals surface area (Å²) in [6.07, 6.45) is 3.75. The van der Waals surface area contributed by atoms with Gasteiger partial charge in [0.2, 0.25) is 21.8 Å². The largest absolute Gasteiger partial charge is 0.339 e. The summed E-state index contributed by atoms with van der Waals surface area (Å²) in [6, 6.07) is 6.14. The highest BCUT2D eigenvalue weighted by Gasteiger charge is 2.26. The van der Waals surface area contributed by atoms with Gasteiger partial charge in [-0.2, -0.15) is 0 Å². The van der Waals surface area contributed by atoms with Crippen molar-refractivity contribution in [2.75, 3.05) is 51.1 Å². The van der Waals surface area contributed by atoms with Crippen molar-refractivity contribution < 1.29 is 18.0 Å². The number of hydrogen-bond donors (Lipinski definition) is 2. The second-order valence-electron chi connectivity index (χ2n) is 8.42. The van der Waals surface area contributed by atoms with Crippen LogP contribution in [0.25, 0.3) is 0 Å². The summed E-state index contributed by atoms with van der Waals surface area (Å²) in [7, 11) is -3.74. The highest BCUT2D eigenvalue weighted by Crippen LogP contribution is 2.17. The summed E-state index contributed by atoms with van der Waals surface area (Å²) in [5.74, 6) is 0.105. The Morgan fingerprint density at radius 3 is 2.29 bits per heavy atom. The molecule has 0 spiro atoms. The van der Waals surface area contributed by atoms with Crippen molar-refractivity contribution in [2.45, 2.75) is 43.5 Å². The van der Waals surface area contributed by atoms with Gasteiger partial charge in [-0.05, 0) is 50.5 Å². The zero-order valence-electron chi connectivity index (χ0n) is 18.1. The van der Waals surface area contributed by atoms with Crippen molar-refractivity contribution in [1.29, 1.82) is 0 Å². The van der Waals surface area contributed by atoms with E-state index >= 15 is 0 Å². The van der Waals surface area contributed by atoms with Crippen molar-refractivity contribution in [1.82, 2.24) is 14.7 Å². The molecule has 9 nitrogen and oxygen atoms in total. The molecule has 1 aromatic carbocycles. The lowest BCUT2D eigenvalue weighted by Crippen LogP contribution is -2.52. The first kappa shape index (κ1) is 23.6. The highest BCUT2D eigenvalue weighted by molar-refractivity contribution is 7.89. The van der Waals surface area contributed by atoms with Crippen molar-refractivity contribution in [3.05, 3.63) is 24.3 Å². The number of primary sulfonamides is 1. The maximum Gasteiger partial charge on any atom is 0.238 e. The van der Waals surface area contributed by atoms with Gasteiger partial charge in [0.05, 0.1) is 11.4 Å². The zero-order valence-corrected chi connectivity index (χ0v) is 18.9. The number of anilines is 1. The Labute approximate surface area is 184 Å². The number of nitrogens with one attached hydrogen (secondary N) is 1. The molecule has 10 heteroatoms. The molecular formula is C21H33N5O4S. The highest BCUT2D eigenvalue weighted by atomic mass is 32.2. The number of carbonyl (C=O) groups excluding carboxylic acids is 2. The fourth-order valence-corrected chi connectivity index (χ4v) is 4.65. The quantitative estimate of drug-likeness (QED) is 0.630. The molecule has 1 atom stereocenters. The number of likely N-dealkylation sites (tertiary alicyclic amines) is 1. The number of nitrogens with zero attached hydrogens (tertiary/aromatic N) is 3. The third-order valence-electron chi connectivity index (χ3n) is 6.07. The minimum Gasteiger partial charge on any atom is -0.339 e. The summed E-state index contributed by atoms with van der Waals surface area (Å²) >= 11 is 0. The van der Waals surface area contributed by atoms with E-state index < -0.39 is 10.0 Å². The van der Waals surface area contributed by atoms with Gasteiger partial charge in [0.15, 0.2) is 0 Å². The van der Waals surface area contributed by atoms with Crippen molar-refractivity contribution in [2.24, 2.45) is 5.14 Å². The Kier molecular flexibility index (Phi) is 8.04. The Bertz CT molecular complexity index is 866. The van der Waals surface area contributed by atoms with Crippen LogP contribution in [-0.2, 0) is 19.6 Å². The van der Waals surface area contributed by atoms with E-state index in [2.05, 4.69) is 22.0 Å². The summed E-state index contributed by atoms with van der Waals surface area (Å²) in [6.45, 7) is 7.45. The van der Waals surface area contributed by atoms with Gasteiger partial charge in [-0.25, -0.2) is 13.6 Å². The number of hydrogen-bond acceptors (Lipinski definition) is 6. The molecule has 172 valence electrons. The first-order chi connectivity index (χ1) is 14.7. The van der Waals surface area contributed by atoms with Gasteiger partial charge < -0.3 is 15.1 Å². The van der Waals surface area contributed by atoms with Gasteiger partial charge in [-0.1, -0.05) is 0 Å². The second kappa shape index (κ2) is 10.5. The summed E-state index contributed by atoms with van der Waals surface area (Å²) in [5, 5.41) is 7.85. The van der Waals surface area contributed by atoms with Crippen molar-refractivity contribution in [3.63, 3.8) is 0 Å². The third kappa shape index (κ3) is 6.99. The van der Waals surface area contributed by atoms with E-state index in [1.807, 2.05) is 4.90 Å². The molecule has 0 bridgehead atoms. The second-order valence-corrected chi connectivity index (χ2v) is 9.98. The van der Waals surface area contributed by atoms with Gasteiger partial charge in [0.1, 0.15) is 0 Å². The summed E-state index contributed by atoms with van der Waals surface area (Å²) in [5.41, 5.74) is 0.535. The van der Waals surface area contributed by atoms with E-state index in [-0.39, 0.29) is 16.7 Å². The molecule has 2 aliphatic rings. The number of carbonyl (C=O) groups is 2. The normalized spacial score (nSPS) is 21.1. The van der Waals surface area contributed by atoms with E-state index in [4.69, 9.17) is 5.14 Å². The van der Waals surface area contributed by atoms with Crippen LogP contribution in [0.1, 0.15) is 32.6 Å². The first-order valence-electron chi connectivity index (χ1n) is 10.9. The average molecular weight is 452 g/mol. The Morgan fingerprint density at radius 1 is 1.03 bits per heavy atom. The molecule has 3 N–H and O–H groups in total. The Hall–Kier alpha value is -2.01. The molecule has 1 aromatic rings. The van der Waals surface area contributed by atoms with Gasteiger partial charge >= 0.3 is 0 Å². The predicted molar refractivity (Wildman–Crippen MR) is 119 cm³/mol. The molecule has 2 aliphatic heterocycles. The molecule has 3 rings (SSSR count). The lowest BCUT2D eigenvalue weighted by atomic mass is 10.0. The number of sulfonamides is 1. The van der Waals surface area contributed by atoms with Crippen LogP contribution in [0.3, 0.4) is 0 Å². The van der Waals surface area contributed by atoms with Gasteiger partial charge in [0, 0.05) is 57.4 Å². The average Bonchev–Trinajstić information content (AvgIpc) is 2.73. The standard InChI is InChI=1S/C21H33N5O4S/c1-17-4-2-3-10-26(17)21(28)16-25-14-12-24(13-15-25)11-9-20(27)23-18-5-7-19(8-6-18)31(22,29)30/h5-8,17H,2-4,9-16H2,1H3,(H,23,27)(H2,22,29,30). The molecule has 1 unspecified atom stereocenters. The number of benzene rings is 1. The van der Waals surface area contributed by atoms with Crippen LogP contribution < -0.4 is 10.5 Å². The molecule has 2 amide bonds. The monoisotopic (exact) mass is 451 g/mol. The van der Waals surface area contributed by atoms with Crippen LogP contribution >= 0.6 is 0 Å². The van der Waals surface area contributed by atoms with E-state index in [0.29, 0.717) is 31.2 Å². The molecule has 0 aliphatic carbocycles. The van der Waals surface area contributed by atoms with Crippen LogP contribution in [0.15, 0.2) is 29.2 Å². The third-order valence-corrected chi connectivity index (χ3v) is 7.00. The number of piperidine rings is 1. The SMILES string of the molecule is CC1CCCCN1C(=O)CN1CCN(CCC(=O)Nc2ccc(S(N)(=O)=O)cc2)CC1. The molecule has 0 saturated carbocycles. The van der Waals surface area contributed by atoms with Gasteiger partial charge in [-0.15, -0.1) is 0 Å². The van der Waals surface area contributed by atoms with Crippen molar-refractivity contribution in [3.8, 4) is 0 Å². The molecule has 2 saturated heterocycles. The van der Waals surface area contributed by atoms with Gasteiger partial charge in [-0.3, -0.25) is 14.5 Å². The maximum absolute atomic E-state index is 12.6. The summed E-state index contributed by atoms with van der Waals surface area (Å²) < 4.78 is 22.6. The number of amides is 2. The van der Waals surface area contributed by atoms with Crippen LogP contribution in [0.2, 0.25) is 0 Å². The Morgan fingerprint density at radius 2 is 1.68 bits per heavy atom. The molecule has 31 heavy (non-hydrogen) atoms. The van der Waals surface area contributed by atoms with E-state index in [1.165, 1.54) is 30.7 Å². The van der Waals surface area contributed by atoms with E-state index in [9.17, 15) is 18.0 Å². The molecule has 0 aromatic heterocycles. The zero-order chi connectivity index (χ0) is 22.4.